The zero-order valence-corrected chi connectivity index (χ0v) is 23.0. The molecule has 0 aliphatic carbocycles. The molecule has 0 spiro atoms. The summed E-state index contributed by atoms with van der Waals surface area (Å²) in [5.74, 6) is -0.736. The normalized spacial score (nSPS) is 12.6. The summed E-state index contributed by atoms with van der Waals surface area (Å²) >= 11 is 12.2. The molecule has 11 heteroatoms. The zero-order valence-electron chi connectivity index (χ0n) is 20.6. The van der Waals surface area contributed by atoms with Crippen LogP contribution in [0, 0.1) is 0 Å². The van der Waals surface area contributed by atoms with Crippen LogP contribution >= 0.6 is 23.2 Å². The van der Waals surface area contributed by atoms with E-state index in [1.165, 1.54) is 24.1 Å². The van der Waals surface area contributed by atoms with Gasteiger partial charge in [-0.05, 0) is 63.6 Å². The minimum atomic E-state index is -3.92. The van der Waals surface area contributed by atoms with E-state index in [4.69, 9.17) is 27.9 Å². The second kappa shape index (κ2) is 11.5. The van der Waals surface area contributed by atoms with Gasteiger partial charge in [0.15, 0.2) is 0 Å². The third kappa shape index (κ3) is 8.30. The Hall–Kier alpha value is -2.49. The smallest absolute Gasteiger partial charge is 0.244 e. The molecule has 2 amide bonds. The molecule has 35 heavy (non-hydrogen) atoms. The molecule has 0 saturated heterocycles. The topological polar surface area (TPSA) is 96.0 Å². The van der Waals surface area contributed by atoms with Crippen molar-refractivity contribution in [1.29, 1.82) is 0 Å². The Bertz CT molecular complexity index is 1180. The maximum absolute atomic E-state index is 13.6. The van der Waals surface area contributed by atoms with Gasteiger partial charge in [0, 0.05) is 22.1 Å². The molecule has 0 bridgehead atoms. The van der Waals surface area contributed by atoms with Gasteiger partial charge in [-0.2, -0.15) is 0 Å². The number of carbonyl (C=O) groups excluding carboxylic acids is 2. The van der Waals surface area contributed by atoms with Gasteiger partial charge in [-0.25, -0.2) is 8.42 Å². The number of halogens is 2. The van der Waals surface area contributed by atoms with E-state index in [0.29, 0.717) is 10.6 Å². The highest BCUT2D eigenvalue weighted by Crippen LogP contribution is 2.33. The van der Waals surface area contributed by atoms with E-state index in [1.54, 1.807) is 37.3 Å². The van der Waals surface area contributed by atoms with Crippen molar-refractivity contribution >= 4 is 50.7 Å². The van der Waals surface area contributed by atoms with E-state index < -0.39 is 34.1 Å². The van der Waals surface area contributed by atoms with Crippen LogP contribution in [0.5, 0.6) is 5.75 Å². The highest BCUT2D eigenvalue weighted by Gasteiger charge is 2.32. The number of amides is 2. The minimum Gasteiger partial charge on any atom is -0.495 e. The Labute approximate surface area is 217 Å². The number of methoxy groups -OCH3 is 1. The molecular weight excluding hydrogens is 513 g/mol. The van der Waals surface area contributed by atoms with Crippen LogP contribution in [0.15, 0.2) is 42.5 Å². The van der Waals surface area contributed by atoms with Crippen LogP contribution in [0.3, 0.4) is 0 Å². The summed E-state index contributed by atoms with van der Waals surface area (Å²) in [6.45, 7) is 6.56. The van der Waals surface area contributed by atoms with Crippen LogP contribution in [0.2, 0.25) is 10.0 Å². The van der Waals surface area contributed by atoms with Crippen molar-refractivity contribution in [1.82, 2.24) is 10.2 Å². The number of nitrogens with zero attached hydrogens (tertiary/aromatic N) is 2. The van der Waals surface area contributed by atoms with Gasteiger partial charge in [0.1, 0.15) is 18.3 Å². The average Bonchev–Trinajstić information content (AvgIpc) is 2.73. The fourth-order valence-electron chi connectivity index (χ4n) is 3.34. The predicted molar refractivity (Wildman–Crippen MR) is 140 cm³/mol. The fraction of sp³-hybridized carbons (Fsp3) is 0.417. The molecule has 0 radical (unpaired) electrons. The van der Waals surface area contributed by atoms with Crippen LogP contribution in [0.1, 0.15) is 33.3 Å². The number of rotatable bonds is 9. The van der Waals surface area contributed by atoms with Crippen LogP contribution < -0.4 is 14.4 Å². The average molecular weight is 545 g/mol. The maximum atomic E-state index is 13.6. The molecule has 192 valence electrons. The Balaban J connectivity index is 2.48. The summed E-state index contributed by atoms with van der Waals surface area (Å²) in [5, 5.41) is 3.61. The molecule has 0 aliphatic heterocycles. The van der Waals surface area contributed by atoms with E-state index in [-0.39, 0.29) is 28.9 Å². The van der Waals surface area contributed by atoms with Gasteiger partial charge in [0.05, 0.1) is 19.1 Å². The summed E-state index contributed by atoms with van der Waals surface area (Å²) in [6, 6.07) is 10.5. The Kier molecular flexibility index (Phi) is 9.44. The quantitative estimate of drug-likeness (QED) is 0.513. The fourth-order valence-corrected chi connectivity index (χ4v) is 4.57. The SMILES string of the molecule is COc1ccc(Cl)cc1N(CC(=O)N(Cc1cccc(Cl)c1)C(C)C(=O)NC(C)(C)C)S(C)(=O)=O. The van der Waals surface area contributed by atoms with Gasteiger partial charge in [-0.1, -0.05) is 35.3 Å². The highest BCUT2D eigenvalue weighted by molar-refractivity contribution is 7.92. The number of anilines is 1. The standard InChI is InChI=1S/C24H31Cl2N3O5S/c1-16(23(31)27-24(2,3)4)28(14-17-8-7-9-18(25)12-17)22(30)15-29(35(6,32)33)20-13-19(26)10-11-21(20)34-5/h7-13,16H,14-15H2,1-6H3,(H,27,31). The zero-order chi connectivity index (χ0) is 26.6. The number of hydrogen-bond acceptors (Lipinski definition) is 5. The lowest BCUT2D eigenvalue weighted by Crippen LogP contribution is -2.54. The molecule has 0 aliphatic rings. The molecule has 1 atom stereocenters. The molecule has 1 unspecified atom stereocenters. The van der Waals surface area contributed by atoms with E-state index in [1.807, 2.05) is 20.8 Å². The molecule has 2 aromatic rings. The van der Waals surface area contributed by atoms with Gasteiger partial charge in [0.2, 0.25) is 21.8 Å². The molecule has 0 saturated carbocycles. The van der Waals surface area contributed by atoms with Crippen molar-refractivity contribution in [3.8, 4) is 5.75 Å². The number of carbonyl (C=O) groups is 2. The van der Waals surface area contributed by atoms with Gasteiger partial charge >= 0.3 is 0 Å². The summed E-state index contributed by atoms with van der Waals surface area (Å²) in [4.78, 5) is 27.9. The molecule has 2 rings (SSSR count). The third-order valence-electron chi connectivity index (χ3n) is 5.00. The van der Waals surface area contributed by atoms with Gasteiger partial charge in [0.25, 0.3) is 0 Å². The van der Waals surface area contributed by atoms with Crippen LogP contribution in [0.25, 0.3) is 0 Å². The molecule has 0 aromatic heterocycles. The summed E-state index contributed by atoms with van der Waals surface area (Å²) in [6.07, 6.45) is 0.984. The molecule has 0 heterocycles. The van der Waals surface area contributed by atoms with E-state index in [2.05, 4.69) is 5.32 Å². The molecule has 2 aromatic carbocycles. The highest BCUT2D eigenvalue weighted by atomic mass is 35.5. The molecule has 8 nitrogen and oxygen atoms in total. The van der Waals surface area contributed by atoms with Gasteiger partial charge in [-0.15, -0.1) is 0 Å². The van der Waals surface area contributed by atoms with Crippen molar-refractivity contribution in [2.75, 3.05) is 24.2 Å². The predicted octanol–water partition coefficient (Wildman–Crippen LogP) is 4.10. The number of nitrogens with one attached hydrogen (secondary N) is 1. The van der Waals surface area contributed by atoms with E-state index >= 15 is 0 Å². The third-order valence-corrected chi connectivity index (χ3v) is 6.59. The van der Waals surface area contributed by atoms with Crippen molar-refractivity contribution in [3.05, 3.63) is 58.1 Å². The largest absolute Gasteiger partial charge is 0.495 e. The van der Waals surface area contributed by atoms with Crippen LogP contribution in [0.4, 0.5) is 5.69 Å². The first-order valence-corrected chi connectivity index (χ1v) is 13.4. The second-order valence-corrected chi connectivity index (χ2v) is 11.9. The van der Waals surface area contributed by atoms with E-state index in [0.717, 1.165) is 10.6 Å². The Morgan fingerprint density at radius 1 is 1.09 bits per heavy atom. The summed E-state index contributed by atoms with van der Waals surface area (Å²) < 4.78 is 31.7. The lowest BCUT2D eigenvalue weighted by atomic mass is 10.1. The molecular formula is C24H31Cl2N3O5S. The molecule has 1 N–H and O–H groups in total. The van der Waals surface area contributed by atoms with Crippen molar-refractivity contribution in [2.45, 2.75) is 45.8 Å². The van der Waals surface area contributed by atoms with Crippen LogP contribution in [-0.4, -0.2) is 56.6 Å². The lowest BCUT2D eigenvalue weighted by molar-refractivity contribution is -0.140. The number of benzene rings is 2. The monoisotopic (exact) mass is 543 g/mol. The first-order chi connectivity index (χ1) is 16.1. The van der Waals surface area contributed by atoms with Crippen LogP contribution in [-0.2, 0) is 26.2 Å². The number of hydrogen-bond donors (Lipinski definition) is 1. The minimum absolute atomic E-state index is 0.0441. The first kappa shape index (κ1) is 28.7. The van der Waals surface area contributed by atoms with Crippen molar-refractivity contribution in [3.63, 3.8) is 0 Å². The van der Waals surface area contributed by atoms with E-state index in [9.17, 15) is 18.0 Å². The van der Waals surface area contributed by atoms with Crippen molar-refractivity contribution < 1.29 is 22.7 Å². The Morgan fingerprint density at radius 2 is 1.71 bits per heavy atom. The maximum Gasteiger partial charge on any atom is 0.244 e. The number of ether oxygens (including phenoxy) is 1. The molecule has 0 fully saturated rings. The summed E-state index contributed by atoms with van der Waals surface area (Å²) in [5.41, 5.74) is 0.279. The summed E-state index contributed by atoms with van der Waals surface area (Å²) in [7, 11) is -2.54. The number of sulfonamides is 1. The first-order valence-electron chi connectivity index (χ1n) is 10.8. The van der Waals surface area contributed by atoms with Gasteiger partial charge in [-0.3, -0.25) is 13.9 Å². The Morgan fingerprint density at radius 3 is 2.26 bits per heavy atom. The second-order valence-electron chi connectivity index (χ2n) is 9.15. The van der Waals surface area contributed by atoms with Crippen molar-refractivity contribution in [2.24, 2.45) is 0 Å². The lowest BCUT2D eigenvalue weighted by Gasteiger charge is -2.33. The van der Waals surface area contributed by atoms with Gasteiger partial charge < -0.3 is 15.0 Å².